The zero-order valence-corrected chi connectivity index (χ0v) is 13.4. The van der Waals surface area contributed by atoms with Gasteiger partial charge in [0.15, 0.2) is 4.90 Å². The van der Waals surface area contributed by atoms with E-state index in [4.69, 9.17) is 16.3 Å². The van der Waals surface area contributed by atoms with Crippen LogP contribution >= 0.6 is 11.6 Å². The largest absolute Gasteiger partial charge is 0.606 e. The monoisotopic (exact) mass is 396 g/mol. The Hall–Kier alpha value is -1.84. The molecule has 2 aromatic rings. The van der Waals surface area contributed by atoms with E-state index in [1.807, 2.05) is 0 Å². The van der Waals surface area contributed by atoms with Gasteiger partial charge in [0, 0.05) is 11.1 Å². The Morgan fingerprint density at radius 2 is 1.88 bits per heavy atom. The number of halogens is 6. The van der Waals surface area contributed by atoms with Crippen molar-refractivity contribution in [2.45, 2.75) is 16.6 Å². The molecule has 1 unspecified atom stereocenters. The highest BCUT2D eigenvalue weighted by Crippen LogP contribution is 2.49. The van der Waals surface area contributed by atoms with Gasteiger partial charge < -0.3 is 9.29 Å². The summed E-state index contributed by atoms with van der Waals surface area (Å²) in [6.45, 7) is 0. The highest BCUT2D eigenvalue weighted by atomic mass is 35.5. The first-order valence-electron chi connectivity index (χ1n) is 6.56. The Labute approximate surface area is 145 Å². The lowest BCUT2D eigenvalue weighted by Gasteiger charge is -2.13. The molecular formula is C15H6ClF5O3S. The Morgan fingerprint density at radius 3 is 2.48 bits per heavy atom. The number of fused-ring (bicyclic) bond motifs is 1. The van der Waals surface area contributed by atoms with E-state index in [9.17, 15) is 31.3 Å². The van der Waals surface area contributed by atoms with Gasteiger partial charge in [-0.05, 0) is 24.3 Å². The van der Waals surface area contributed by atoms with Gasteiger partial charge in [0.05, 0.1) is 16.7 Å². The smallest absolute Gasteiger partial charge is 0.478 e. The van der Waals surface area contributed by atoms with E-state index < -0.39 is 56.2 Å². The predicted molar refractivity (Wildman–Crippen MR) is 78.6 cm³/mol. The average molecular weight is 397 g/mol. The molecule has 0 saturated carbocycles. The molecule has 2 aromatic carbocycles. The number of ether oxygens (including phenoxy) is 1. The molecule has 1 heterocycles. The zero-order chi connectivity index (χ0) is 18.5. The maximum Gasteiger partial charge on any atom is 0.478 e. The van der Waals surface area contributed by atoms with Gasteiger partial charge in [-0.25, -0.2) is 13.2 Å². The third kappa shape index (κ3) is 2.96. The van der Waals surface area contributed by atoms with Crippen LogP contribution in [0.15, 0.2) is 35.2 Å². The van der Waals surface area contributed by atoms with Crippen molar-refractivity contribution < 1.29 is 36.0 Å². The molecule has 3 rings (SSSR count). The number of carbonyl (C=O) groups excluding carboxylic acids is 1. The number of ketones is 1. The van der Waals surface area contributed by atoms with Crippen LogP contribution in [0.3, 0.4) is 0 Å². The summed E-state index contributed by atoms with van der Waals surface area (Å²) in [4.78, 5) is 10.9. The van der Waals surface area contributed by atoms with E-state index in [-0.39, 0.29) is 10.8 Å². The summed E-state index contributed by atoms with van der Waals surface area (Å²) < 4.78 is 84.0. The molecule has 1 aliphatic heterocycles. The first-order chi connectivity index (χ1) is 11.6. The van der Waals surface area contributed by atoms with Gasteiger partial charge in [-0.1, -0.05) is 11.6 Å². The summed E-state index contributed by atoms with van der Waals surface area (Å²) in [5.41, 5.74) is -1.87. The first-order valence-corrected chi connectivity index (χ1v) is 8.09. The van der Waals surface area contributed by atoms with Crippen molar-refractivity contribution in [2.75, 3.05) is 0 Å². The summed E-state index contributed by atoms with van der Waals surface area (Å²) in [5, 5.41) is -4.43. The van der Waals surface area contributed by atoms with Crippen molar-refractivity contribution in [3.63, 3.8) is 0 Å². The molecule has 0 amide bonds. The summed E-state index contributed by atoms with van der Waals surface area (Å²) in [6.07, 6.45) is -3.22. The van der Waals surface area contributed by atoms with Crippen molar-refractivity contribution >= 4 is 28.6 Å². The molecule has 132 valence electrons. The predicted octanol–water partition coefficient (Wildman–Crippen LogP) is 5.11. The number of Topliss-reactive ketones (excluding diaryl/α,β-unsaturated/α-hetero) is 1. The standard InChI is InChI=1S/C15H6ClF5O3S/c16-6-3-7(17)5-8(4-6)24-10-2-1-9(14(18)19)12-11(10)13(22)15(20,21)25(12)23/h1-5,14H. The van der Waals surface area contributed by atoms with Gasteiger partial charge in [-0.2, -0.15) is 0 Å². The maximum atomic E-state index is 13.8. The molecule has 0 radical (unpaired) electrons. The summed E-state index contributed by atoms with van der Waals surface area (Å²) in [6, 6.07) is 4.52. The Kier molecular flexibility index (Phi) is 4.42. The van der Waals surface area contributed by atoms with Crippen molar-refractivity contribution in [3.05, 3.63) is 52.3 Å². The number of hydrogen-bond acceptors (Lipinski definition) is 3. The van der Waals surface area contributed by atoms with Crippen LogP contribution in [-0.2, 0) is 11.2 Å². The second kappa shape index (κ2) is 6.15. The Balaban J connectivity index is 2.16. The molecule has 0 spiro atoms. The Morgan fingerprint density at radius 1 is 1.20 bits per heavy atom. The number of benzene rings is 2. The molecule has 3 nitrogen and oxygen atoms in total. The minimum absolute atomic E-state index is 0.0731. The number of carbonyl (C=O) groups is 1. The van der Waals surface area contributed by atoms with E-state index in [1.165, 1.54) is 0 Å². The van der Waals surface area contributed by atoms with E-state index in [0.29, 0.717) is 0 Å². The van der Waals surface area contributed by atoms with Crippen LogP contribution in [0.25, 0.3) is 0 Å². The van der Waals surface area contributed by atoms with E-state index >= 15 is 0 Å². The molecular weight excluding hydrogens is 391 g/mol. The molecule has 0 aromatic heterocycles. The third-order valence-corrected chi connectivity index (χ3v) is 5.04. The fourth-order valence-electron chi connectivity index (χ4n) is 2.32. The topological polar surface area (TPSA) is 49.4 Å². The molecule has 10 heteroatoms. The van der Waals surface area contributed by atoms with Gasteiger partial charge in [0.25, 0.3) is 12.2 Å². The molecule has 0 bridgehead atoms. The van der Waals surface area contributed by atoms with Crippen LogP contribution < -0.4 is 4.74 Å². The minimum Gasteiger partial charge on any atom is -0.606 e. The van der Waals surface area contributed by atoms with E-state index in [0.717, 1.165) is 30.3 Å². The van der Waals surface area contributed by atoms with Crippen LogP contribution in [0.1, 0.15) is 22.3 Å². The highest BCUT2D eigenvalue weighted by molar-refractivity contribution is 7.94. The summed E-state index contributed by atoms with van der Waals surface area (Å²) >= 11 is 2.35. The van der Waals surface area contributed by atoms with Crippen molar-refractivity contribution in [1.82, 2.24) is 0 Å². The second-order valence-electron chi connectivity index (χ2n) is 4.98. The summed E-state index contributed by atoms with van der Waals surface area (Å²) in [5.74, 6) is -3.49. The molecule has 1 atom stereocenters. The number of alkyl halides is 4. The molecule has 1 aliphatic rings. The van der Waals surface area contributed by atoms with Crippen LogP contribution in [0.5, 0.6) is 11.5 Å². The van der Waals surface area contributed by atoms with Gasteiger partial charge in [-0.15, -0.1) is 8.78 Å². The highest BCUT2D eigenvalue weighted by Gasteiger charge is 2.63. The van der Waals surface area contributed by atoms with Gasteiger partial charge in [-0.3, -0.25) is 4.79 Å². The van der Waals surface area contributed by atoms with Crippen LogP contribution in [0.2, 0.25) is 5.02 Å². The lowest BCUT2D eigenvalue weighted by molar-refractivity contribution is 0.0546. The minimum atomic E-state index is -4.36. The van der Waals surface area contributed by atoms with Crippen LogP contribution in [0, 0.1) is 5.82 Å². The molecule has 0 N–H and O–H groups in total. The van der Waals surface area contributed by atoms with Gasteiger partial charge in [0.2, 0.25) is 0 Å². The van der Waals surface area contributed by atoms with Gasteiger partial charge in [0.1, 0.15) is 22.9 Å². The van der Waals surface area contributed by atoms with E-state index in [2.05, 4.69) is 0 Å². The van der Waals surface area contributed by atoms with Gasteiger partial charge >= 0.3 is 5.25 Å². The SMILES string of the molecule is O=C1c2c(Oc3cc(F)cc(Cl)c3)ccc(C(F)F)c2[S+]([O-])C1(F)F. The lowest BCUT2D eigenvalue weighted by atomic mass is 10.1. The maximum absolute atomic E-state index is 13.8. The second-order valence-corrected chi connectivity index (χ2v) is 6.87. The van der Waals surface area contributed by atoms with E-state index in [1.54, 1.807) is 0 Å². The van der Waals surface area contributed by atoms with Crippen LogP contribution in [0.4, 0.5) is 22.0 Å². The molecule has 0 saturated heterocycles. The van der Waals surface area contributed by atoms with Crippen molar-refractivity contribution in [2.24, 2.45) is 0 Å². The Bertz CT molecular complexity index is 854. The lowest BCUT2D eigenvalue weighted by Crippen LogP contribution is -2.30. The average Bonchev–Trinajstić information content (AvgIpc) is 2.68. The fraction of sp³-hybridized carbons (Fsp3) is 0.133. The fourth-order valence-corrected chi connectivity index (χ4v) is 3.81. The molecule has 0 aliphatic carbocycles. The van der Waals surface area contributed by atoms with Crippen molar-refractivity contribution in [3.8, 4) is 11.5 Å². The van der Waals surface area contributed by atoms with Crippen molar-refractivity contribution in [1.29, 1.82) is 0 Å². The number of hydrogen-bond donors (Lipinski definition) is 0. The first kappa shape index (κ1) is 18.0. The molecule has 0 fully saturated rings. The normalized spacial score (nSPS) is 18.6. The van der Waals surface area contributed by atoms with Crippen LogP contribution in [-0.4, -0.2) is 15.6 Å². The third-order valence-electron chi connectivity index (χ3n) is 3.36. The summed E-state index contributed by atoms with van der Waals surface area (Å²) in [7, 11) is 0. The zero-order valence-electron chi connectivity index (χ0n) is 11.9. The quantitative estimate of drug-likeness (QED) is 0.535. The number of rotatable bonds is 3. The molecule has 25 heavy (non-hydrogen) atoms.